The summed E-state index contributed by atoms with van der Waals surface area (Å²) in [6, 6.07) is 6.42. The third kappa shape index (κ3) is 3.75. The van der Waals surface area contributed by atoms with E-state index in [1.165, 1.54) is 10.4 Å². The number of ether oxygens (including phenoxy) is 1. The Hall–Kier alpha value is -1.82. The molecule has 1 aliphatic heterocycles. The van der Waals surface area contributed by atoms with Crippen molar-refractivity contribution >= 4 is 33.3 Å². The highest BCUT2D eigenvalue weighted by Crippen LogP contribution is 2.27. The van der Waals surface area contributed by atoms with Gasteiger partial charge in [-0.1, -0.05) is 0 Å². The van der Waals surface area contributed by atoms with Gasteiger partial charge >= 0.3 is 6.09 Å². The van der Waals surface area contributed by atoms with E-state index in [1.807, 2.05) is 27.7 Å². The molecular weight excluding hydrogens is 310 g/mol. The van der Waals surface area contributed by atoms with E-state index in [-0.39, 0.29) is 6.09 Å². The van der Waals surface area contributed by atoms with Crippen LogP contribution in [0.3, 0.4) is 0 Å². The van der Waals surface area contributed by atoms with Gasteiger partial charge in [-0.05, 0) is 45.9 Å². The number of benzene rings is 1. The summed E-state index contributed by atoms with van der Waals surface area (Å²) in [5.74, 6) is 0. The van der Waals surface area contributed by atoms with Crippen LogP contribution >= 0.6 is 11.3 Å². The van der Waals surface area contributed by atoms with E-state index in [1.54, 1.807) is 16.2 Å². The maximum absolute atomic E-state index is 12.1. The maximum Gasteiger partial charge on any atom is 0.410 e. The number of piperazine rings is 1. The van der Waals surface area contributed by atoms with Crippen molar-refractivity contribution in [2.45, 2.75) is 33.3 Å². The second kappa shape index (κ2) is 6.00. The van der Waals surface area contributed by atoms with Crippen molar-refractivity contribution in [1.29, 1.82) is 0 Å². The Morgan fingerprint density at radius 1 is 1.22 bits per heavy atom. The van der Waals surface area contributed by atoms with Crippen LogP contribution < -0.4 is 4.90 Å². The molecule has 0 unspecified atom stereocenters. The van der Waals surface area contributed by atoms with Gasteiger partial charge in [-0.2, -0.15) is 0 Å². The van der Waals surface area contributed by atoms with Crippen molar-refractivity contribution in [1.82, 2.24) is 9.88 Å². The molecule has 1 saturated heterocycles. The smallest absolute Gasteiger partial charge is 0.410 e. The molecule has 0 bridgehead atoms. The summed E-state index contributed by atoms with van der Waals surface area (Å²) in [5.41, 5.74) is 1.79. The minimum atomic E-state index is -0.443. The van der Waals surface area contributed by atoms with Gasteiger partial charge in [0.15, 0.2) is 0 Å². The van der Waals surface area contributed by atoms with Gasteiger partial charge in [0.05, 0.1) is 15.2 Å². The van der Waals surface area contributed by atoms with Crippen LogP contribution in [0.2, 0.25) is 0 Å². The lowest BCUT2D eigenvalue weighted by Crippen LogP contribution is -2.50. The number of amides is 1. The first-order valence-electron chi connectivity index (χ1n) is 7.92. The molecule has 5 nitrogen and oxygen atoms in total. The van der Waals surface area contributed by atoms with Crippen LogP contribution in [-0.2, 0) is 4.74 Å². The Labute approximate surface area is 140 Å². The lowest BCUT2D eigenvalue weighted by atomic mass is 10.2. The molecule has 6 heteroatoms. The van der Waals surface area contributed by atoms with E-state index in [9.17, 15) is 4.79 Å². The van der Waals surface area contributed by atoms with E-state index in [2.05, 4.69) is 28.1 Å². The van der Waals surface area contributed by atoms with Crippen molar-refractivity contribution in [2.75, 3.05) is 31.1 Å². The highest BCUT2D eigenvalue weighted by Gasteiger charge is 2.26. The monoisotopic (exact) mass is 333 g/mol. The summed E-state index contributed by atoms with van der Waals surface area (Å²) >= 11 is 1.72. The molecule has 1 aromatic heterocycles. The van der Waals surface area contributed by atoms with Crippen molar-refractivity contribution in [2.24, 2.45) is 0 Å². The van der Waals surface area contributed by atoms with E-state index < -0.39 is 5.60 Å². The van der Waals surface area contributed by atoms with E-state index in [0.717, 1.165) is 23.6 Å². The lowest BCUT2D eigenvalue weighted by molar-refractivity contribution is 0.0240. The minimum absolute atomic E-state index is 0.220. The number of carbonyl (C=O) groups excluding carboxylic acids is 1. The van der Waals surface area contributed by atoms with Gasteiger partial charge in [-0.3, -0.25) is 0 Å². The second-order valence-corrected chi connectivity index (χ2v) is 8.07. The third-order valence-electron chi connectivity index (χ3n) is 3.77. The Balaban J connectivity index is 1.64. The largest absolute Gasteiger partial charge is 0.444 e. The Morgan fingerprint density at radius 2 is 1.91 bits per heavy atom. The molecule has 0 radical (unpaired) electrons. The number of anilines is 1. The number of hydrogen-bond acceptors (Lipinski definition) is 5. The van der Waals surface area contributed by atoms with Crippen molar-refractivity contribution in [3.05, 3.63) is 23.2 Å². The number of aryl methyl sites for hydroxylation is 1. The molecule has 23 heavy (non-hydrogen) atoms. The quantitative estimate of drug-likeness (QED) is 0.799. The zero-order valence-corrected chi connectivity index (χ0v) is 14.9. The molecule has 1 fully saturated rings. The van der Waals surface area contributed by atoms with Crippen LogP contribution in [-0.4, -0.2) is 47.8 Å². The summed E-state index contributed by atoms with van der Waals surface area (Å²) < 4.78 is 6.66. The van der Waals surface area contributed by atoms with Gasteiger partial charge < -0.3 is 14.5 Å². The summed E-state index contributed by atoms with van der Waals surface area (Å²) in [4.78, 5) is 20.8. The molecule has 0 spiro atoms. The molecular formula is C17H23N3O2S. The standard InChI is InChI=1S/C17H23N3O2S/c1-12-18-14-11-13(5-6-15(14)23-12)19-7-9-20(10-8-19)16(21)22-17(2,3)4/h5-6,11H,7-10H2,1-4H3. The average molecular weight is 333 g/mol. The maximum atomic E-state index is 12.1. The summed E-state index contributed by atoms with van der Waals surface area (Å²) in [6.45, 7) is 10.7. The van der Waals surface area contributed by atoms with Gasteiger partial charge in [-0.25, -0.2) is 9.78 Å². The van der Waals surface area contributed by atoms with Gasteiger partial charge in [0.2, 0.25) is 0 Å². The fourth-order valence-corrected chi connectivity index (χ4v) is 3.51. The topological polar surface area (TPSA) is 45.7 Å². The van der Waals surface area contributed by atoms with E-state index in [4.69, 9.17) is 4.74 Å². The fraction of sp³-hybridized carbons (Fsp3) is 0.529. The predicted octanol–water partition coefficient (Wildman–Crippen LogP) is 3.66. The number of rotatable bonds is 1. The zero-order valence-electron chi connectivity index (χ0n) is 14.1. The molecule has 0 aliphatic carbocycles. The number of aromatic nitrogens is 1. The van der Waals surface area contributed by atoms with Crippen molar-refractivity contribution in [3.8, 4) is 0 Å². The van der Waals surface area contributed by atoms with Gasteiger partial charge in [0.1, 0.15) is 5.60 Å². The van der Waals surface area contributed by atoms with Crippen LogP contribution in [0.15, 0.2) is 18.2 Å². The Morgan fingerprint density at radius 3 is 2.57 bits per heavy atom. The molecule has 0 N–H and O–H groups in total. The highest BCUT2D eigenvalue weighted by molar-refractivity contribution is 7.18. The number of carbonyl (C=O) groups is 1. The van der Waals surface area contributed by atoms with Crippen LogP contribution in [0, 0.1) is 6.92 Å². The molecule has 0 atom stereocenters. The van der Waals surface area contributed by atoms with Crippen LogP contribution in [0.5, 0.6) is 0 Å². The predicted molar refractivity (Wildman–Crippen MR) is 94.4 cm³/mol. The lowest BCUT2D eigenvalue weighted by Gasteiger charge is -2.36. The first-order chi connectivity index (χ1) is 10.8. The summed E-state index contributed by atoms with van der Waals surface area (Å²) in [5, 5.41) is 1.09. The number of thiazole rings is 1. The Kier molecular flexibility index (Phi) is 4.19. The first kappa shape index (κ1) is 16.1. The van der Waals surface area contributed by atoms with Crippen LogP contribution in [0.4, 0.5) is 10.5 Å². The number of fused-ring (bicyclic) bond motifs is 1. The molecule has 3 rings (SSSR count). The summed E-state index contributed by atoms with van der Waals surface area (Å²) in [7, 11) is 0. The SMILES string of the molecule is Cc1nc2cc(N3CCN(C(=O)OC(C)(C)C)CC3)ccc2s1. The van der Waals surface area contributed by atoms with Gasteiger partial charge in [0.25, 0.3) is 0 Å². The molecule has 2 aromatic rings. The normalized spacial score (nSPS) is 16.0. The second-order valence-electron chi connectivity index (χ2n) is 6.84. The van der Waals surface area contributed by atoms with Gasteiger partial charge in [0, 0.05) is 31.9 Å². The molecule has 0 saturated carbocycles. The van der Waals surface area contributed by atoms with Crippen molar-refractivity contribution < 1.29 is 9.53 Å². The molecule has 1 aromatic carbocycles. The first-order valence-corrected chi connectivity index (χ1v) is 8.73. The molecule has 1 amide bonds. The summed E-state index contributed by atoms with van der Waals surface area (Å²) in [6.07, 6.45) is -0.220. The molecule has 2 heterocycles. The third-order valence-corrected chi connectivity index (χ3v) is 4.73. The van der Waals surface area contributed by atoms with E-state index >= 15 is 0 Å². The van der Waals surface area contributed by atoms with Gasteiger partial charge in [-0.15, -0.1) is 11.3 Å². The zero-order chi connectivity index (χ0) is 16.6. The molecule has 124 valence electrons. The minimum Gasteiger partial charge on any atom is -0.444 e. The van der Waals surface area contributed by atoms with Crippen LogP contribution in [0.1, 0.15) is 25.8 Å². The number of hydrogen-bond donors (Lipinski definition) is 0. The average Bonchev–Trinajstić information content (AvgIpc) is 2.84. The molecule has 1 aliphatic rings. The van der Waals surface area contributed by atoms with Crippen molar-refractivity contribution in [3.63, 3.8) is 0 Å². The van der Waals surface area contributed by atoms with Crippen LogP contribution in [0.25, 0.3) is 10.2 Å². The number of nitrogens with zero attached hydrogens (tertiary/aromatic N) is 3. The fourth-order valence-electron chi connectivity index (χ4n) is 2.70. The Bertz CT molecular complexity index is 712. The van der Waals surface area contributed by atoms with E-state index in [0.29, 0.717) is 13.1 Å². The highest BCUT2D eigenvalue weighted by atomic mass is 32.1.